The molecule has 1 saturated heterocycles. The van der Waals surface area contributed by atoms with E-state index in [9.17, 15) is 0 Å². The van der Waals surface area contributed by atoms with Gasteiger partial charge in [0.25, 0.3) is 0 Å². The molecule has 2 rings (SSSR count). The maximum absolute atomic E-state index is 4.72. The minimum atomic E-state index is 0.772. The lowest BCUT2D eigenvalue weighted by atomic mass is 9.97. The van der Waals surface area contributed by atoms with Crippen LogP contribution in [-0.2, 0) is 6.42 Å². The monoisotopic (exact) mass is 291 g/mol. The van der Waals surface area contributed by atoms with E-state index in [2.05, 4.69) is 41.1 Å². The van der Waals surface area contributed by atoms with E-state index in [0.29, 0.717) is 0 Å². The number of nitrogens with zero attached hydrogens (tertiary/aromatic N) is 4. The Hall–Kier alpha value is -1.36. The molecule has 0 aromatic carbocycles. The normalized spacial score (nSPS) is 17.0. The summed E-state index contributed by atoms with van der Waals surface area (Å²) in [5.74, 6) is 3.67. The van der Waals surface area contributed by atoms with Crippen molar-refractivity contribution in [2.24, 2.45) is 5.92 Å². The molecule has 0 amide bonds. The van der Waals surface area contributed by atoms with E-state index in [1.807, 2.05) is 13.1 Å². The Morgan fingerprint density at radius 3 is 2.67 bits per heavy atom. The van der Waals surface area contributed by atoms with Crippen LogP contribution in [0.1, 0.15) is 32.0 Å². The number of piperidine rings is 1. The van der Waals surface area contributed by atoms with Crippen molar-refractivity contribution in [3.05, 3.63) is 11.9 Å². The Labute approximate surface area is 128 Å². The molecule has 1 aliphatic rings. The molecule has 1 aliphatic heterocycles. The lowest BCUT2D eigenvalue weighted by molar-refractivity contribution is 0.222. The summed E-state index contributed by atoms with van der Waals surface area (Å²) in [6.45, 7) is 5.67. The molecule has 118 valence electrons. The average Bonchev–Trinajstić information content (AvgIpc) is 2.49. The number of aromatic nitrogens is 2. The first-order valence-electron chi connectivity index (χ1n) is 8.07. The van der Waals surface area contributed by atoms with Gasteiger partial charge >= 0.3 is 0 Å². The summed E-state index contributed by atoms with van der Waals surface area (Å²) in [7, 11) is 6.27. The maximum atomic E-state index is 4.72. The van der Waals surface area contributed by atoms with E-state index in [1.165, 1.54) is 25.9 Å². The van der Waals surface area contributed by atoms with Crippen LogP contribution in [0.2, 0.25) is 0 Å². The second-order valence-electron chi connectivity index (χ2n) is 6.15. The van der Waals surface area contributed by atoms with Crippen molar-refractivity contribution in [1.82, 2.24) is 14.9 Å². The van der Waals surface area contributed by atoms with Crippen LogP contribution >= 0.6 is 0 Å². The number of nitrogens with one attached hydrogen (secondary N) is 1. The minimum absolute atomic E-state index is 0.772. The smallest absolute Gasteiger partial charge is 0.134 e. The predicted molar refractivity (Wildman–Crippen MR) is 89.1 cm³/mol. The maximum Gasteiger partial charge on any atom is 0.134 e. The molecule has 2 heterocycles. The fraction of sp³-hybridized carbons (Fsp3) is 0.750. The highest BCUT2D eigenvalue weighted by atomic mass is 15.2. The molecule has 0 aliphatic carbocycles. The summed E-state index contributed by atoms with van der Waals surface area (Å²) in [6.07, 6.45) is 4.58. The molecule has 1 N–H and O–H groups in total. The van der Waals surface area contributed by atoms with Crippen LogP contribution in [0.25, 0.3) is 0 Å². The predicted octanol–water partition coefficient (Wildman–Crippen LogP) is 2.25. The van der Waals surface area contributed by atoms with Crippen LogP contribution in [0.4, 0.5) is 11.6 Å². The number of likely N-dealkylation sites (tertiary alicyclic amines) is 1. The molecule has 1 aromatic rings. The van der Waals surface area contributed by atoms with Gasteiger partial charge in [-0.25, -0.2) is 9.97 Å². The zero-order valence-corrected chi connectivity index (χ0v) is 13.9. The van der Waals surface area contributed by atoms with Crippen LogP contribution in [0.3, 0.4) is 0 Å². The molecule has 0 spiro atoms. The lowest BCUT2D eigenvalue weighted by Gasteiger charge is -2.32. The highest BCUT2D eigenvalue weighted by Crippen LogP contribution is 2.21. The first-order chi connectivity index (χ1) is 10.1. The molecule has 5 heteroatoms. The molecule has 0 saturated carbocycles. The van der Waals surface area contributed by atoms with Gasteiger partial charge in [0.1, 0.15) is 17.5 Å². The van der Waals surface area contributed by atoms with E-state index in [-0.39, 0.29) is 0 Å². The van der Waals surface area contributed by atoms with Gasteiger partial charge in [0, 0.05) is 33.1 Å². The Balaban J connectivity index is 2.03. The first-order valence-corrected chi connectivity index (χ1v) is 8.07. The molecule has 1 fully saturated rings. The van der Waals surface area contributed by atoms with Crippen molar-refractivity contribution in [2.75, 3.05) is 51.0 Å². The van der Waals surface area contributed by atoms with Crippen molar-refractivity contribution >= 4 is 11.6 Å². The van der Waals surface area contributed by atoms with Gasteiger partial charge in [0.05, 0.1) is 0 Å². The van der Waals surface area contributed by atoms with Gasteiger partial charge in [-0.15, -0.1) is 0 Å². The van der Waals surface area contributed by atoms with E-state index >= 15 is 0 Å². The average molecular weight is 291 g/mol. The van der Waals surface area contributed by atoms with Gasteiger partial charge < -0.3 is 15.1 Å². The molecule has 0 unspecified atom stereocenters. The van der Waals surface area contributed by atoms with Gasteiger partial charge in [-0.1, -0.05) is 6.92 Å². The summed E-state index contributed by atoms with van der Waals surface area (Å²) in [5, 5.41) is 3.15. The van der Waals surface area contributed by atoms with E-state index in [0.717, 1.165) is 42.8 Å². The largest absolute Gasteiger partial charge is 0.373 e. The molecular weight excluding hydrogens is 262 g/mol. The Kier molecular flexibility index (Phi) is 5.79. The fourth-order valence-electron chi connectivity index (χ4n) is 2.87. The van der Waals surface area contributed by atoms with Crippen molar-refractivity contribution < 1.29 is 0 Å². The van der Waals surface area contributed by atoms with Crippen molar-refractivity contribution in [2.45, 2.75) is 32.6 Å². The lowest BCUT2D eigenvalue weighted by Crippen LogP contribution is -2.36. The number of hydrogen-bond acceptors (Lipinski definition) is 5. The summed E-state index contributed by atoms with van der Waals surface area (Å²) in [4.78, 5) is 13.9. The quantitative estimate of drug-likeness (QED) is 0.871. The van der Waals surface area contributed by atoms with Crippen LogP contribution in [0.15, 0.2) is 6.07 Å². The first kappa shape index (κ1) is 16.0. The molecule has 0 bridgehead atoms. The zero-order chi connectivity index (χ0) is 15.2. The van der Waals surface area contributed by atoms with Gasteiger partial charge in [-0.05, 0) is 45.3 Å². The molecule has 5 nitrogen and oxygen atoms in total. The summed E-state index contributed by atoms with van der Waals surface area (Å²) < 4.78 is 0. The van der Waals surface area contributed by atoms with Crippen LogP contribution in [0.5, 0.6) is 0 Å². The molecule has 0 atom stereocenters. The molecule has 1 aromatic heterocycles. The van der Waals surface area contributed by atoms with Crippen molar-refractivity contribution in [1.29, 1.82) is 0 Å². The Bertz CT molecular complexity index is 440. The third-order valence-corrected chi connectivity index (χ3v) is 4.25. The Morgan fingerprint density at radius 2 is 2.05 bits per heavy atom. The SMILES string of the molecule is CCCc1nc(NC)cc(N(C)CC2CCN(C)CC2)n1. The fourth-order valence-corrected chi connectivity index (χ4v) is 2.87. The van der Waals surface area contributed by atoms with Crippen LogP contribution in [0, 0.1) is 5.92 Å². The van der Waals surface area contributed by atoms with Crippen LogP contribution in [-0.4, -0.2) is 55.6 Å². The van der Waals surface area contributed by atoms with Crippen molar-refractivity contribution in [3.63, 3.8) is 0 Å². The van der Waals surface area contributed by atoms with Gasteiger partial charge in [-0.2, -0.15) is 0 Å². The second kappa shape index (κ2) is 7.59. The second-order valence-corrected chi connectivity index (χ2v) is 6.15. The van der Waals surface area contributed by atoms with E-state index < -0.39 is 0 Å². The van der Waals surface area contributed by atoms with E-state index in [1.54, 1.807) is 0 Å². The van der Waals surface area contributed by atoms with Crippen molar-refractivity contribution in [3.8, 4) is 0 Å². The molecule has 21 heavy (non-hydrogen) atoms. The zero-order valence-electron chi connectivity index (χ0n) is 13.9. The Morgan fingerprint density at radius 1 is 1.33 bits per heavy atom. The summed E-state index contributed by atoms with van der Waals surface area (Å²) in [6, 6.07) is 2.05. The topological polar surface area (TPSA) is 44.3 Å². The number of anilines is 2. The third-order valence-electron chi connectivity index (χ3n) is 4.25. The highest BCUT2D eigenvalue weighted by Gasteiger charge is 2.19. The molecule has 0 radical (unpaired) electrons. The third kappa shape index (κ3) is 4.56. The number of hydrogen-bond donors (Lipinski definition) is 1. The standard InChI is InChI=1S/C16H29N5/c1-5-6-14-18-15(17-2)11-16(19-14)21(4)12-13-7-9-20(3)10-8-13/h11,13H,5-10,12H2,1-4H3,(H,17,18,19). The van der Waals surface area contributed by atoms with Gasteiger partial charge in [-0.3, -0.25) is 0 Å². The number of aryl methyl sites for hydroxylation is 1. The van der Waals surface area contributed by atoms with Gasteiger partial charge in [0.2, 0.25) is 0 Å². The number of rotatable bonds is 6. The molecular formula is C16H29N5. The van der Waals surface area contributed by atoms with E-state index in [4.69, 9.17) is 4.98 Å². The summed E-state index contributed by atoms with van der Waals surface area (Å²) in [5.41, 5.74) is 0. The van der Waals surface area contributed by atoms with Gasteiger partial charge in [0.15, 0.2) is 0 Å². The summed E-state index contributed by atoms with van der Waals surface area (Å²) >= 11 is 0. The minimum Gasteiger partial charge on any atom is -0.373 e. The highest BCUT2D eigenvalue weighted by molar-refractivity contribution is 5.48. The van der Waals surface area contributed by atoms with Crippen LogP contribution < -0.4 is 10.2 Å².